The fraction of sp³-hybridized carbons (Fsp3) is 0.333. The molecule has 3 rings (SSSR count). The van der Waals surface area contributed by atoms with E-state index in [4.69, 9.17) is 21.7 Å². The first-order valence-corrected chi connectivity index (χ1v) is 9.81. The summed E-state index contributed by atoms with van der Waals surface area (Å²) in [4.78, 5) is 2.00. The fourth-order valence-corrected chi connectivity index (χ4v) is 3.35. The Kier molecular flexibility index (Phi) is 7.24. The standard InChI is InChI=1S/C21H24F2N4O3S/c1-25(12-14-5-10-17(30-20(22)23)18(11-14)29-4)13-27-21(31)26(2)19(24-27)15-6-8-16(28-3)9-7-15/h5-11,20H,12-13H2,1-4H3. The number of benzene rings is 2. The van der Waals surface area contributed by atoms with Crippen LogP contribution in [0.2, 0.25) is 0 Å². The summed E-state index contributed by atoms with van der Waals surface area (Å²) in [6.45, 7) is -1.93. The van der Waals surface area contributed by atoms with Crippen molar-refractivity contribution in [2.45, 2.75) is 19.8 Å². The van der Waals surface area contributed by atoms with Gasteiger partial charge in [-0.1, -0.05) is 6.07 Å². The highest BCUT2D eigenvalue weighted by molar-refractivity contribution is 7.71. The average Bonchev–Trinajstić information content (AvgIpc) is 3.03. The van der Waals surface area contributed by atoms with Crippen molar-refractivity contribution < 1.29 is 23.0 Å². The van der Waals surface area contributed by atoms with Gasteiger partial charge in [-0.25, -0.2) is 4.68 Å². The minimum Gasteiger partial charge on any atom is -0.497 e. The SMILES string of the molecule is COc1ccc(-c2nn(CN(C)Cc3ccc(OC(F)F)c(OC)c3)c(=S)n2C)cc1. The van der Waals surface area contributed by atoms with Crippen molar-refractivity contribution in [1.29, 1.82) is 0 Å². The lowest BCUT2D eigenvalue weighted by molar-refractivity contribution is -0.0512. The van der Waals surface area contributed by atoms with E-state index in [9.17, 15) is 8.78 Å². The normalized spacial score (nSPS) is 11.2. The van der Waals surface area contributed by atoms with Gasteiger partial charge in [0.25, 0.3) is 0 Å². The van der Waals surface area contributed by atoms with Gasteiger partial charge in [0.2, 0.25) is 0 Å². The molecule has 1 aromatic heterocycles. The van der Waals surface area contributed by atoms with Gasteiger partial charge in [0.15, 0.2) is 22.1 Å². The number of rotatable bonds is 9. The number of nitrogens with zero attached hydrogens (tertiary/aromatic N) is 4. The van der Waals surface area contributed by atoms with Gasteiger partial charge in [0, 0.05) is 19.2 Å². The molecule has 0 aliphatic carbocycles. The van der Waals surface area contributed by atoms with E-state index in [0.717, 1.165) is 22.7 Å². The molecule has 3 aromatic rings. The Morgan fingerprint density at radius 2 is 1.77 bits per heavy atom. The van der Waals surface area contributed by atoms with Gasteiger partial charge in [-0.05, 0) is 61.2 Å². The van der Waals surface area contributed by atoms with Crippen molar-refractivity contribution in [2.24, 2.45) is 7.05 Å². The van der Waals surface area contributed by atoms with Crippen LogP contribution < -0.4 is 14.2 Å². The van der Waals surface area contributed by atoms with Gasteiger partial charge < -0.3 is 18.8 Å². The molecule has 31 heavy (non-hydrogen) atoms. The third kappa shape index (κ3) is 5.39. The zero-order valence-electron chi connectivity index (χ0n) is 17.7. The van der Waals surface area contributed by atoms with Gasteiger partial charge in [0.1, 0.15) is 5.75 Å². The molecule has 2 aromatic carbocycles. The molecule has 0 aliphatic heterocycles. The van der Waals surface area contributed by atoms with E-state index in [1.54, 1.807) is 23.9 Å². The lowest BCUT2D eigenvalue weighted by Crippen LogP contribution is -2.22. The van der Waals surface area contributed by atoms with Crippen LogP contribution in [0.25, 0.3) is 11.4 Å². The van der Waals surface area contributed by atoms with Crippen LogP contribution in [0.4, 0.5) is 8.78 Å². The monoisotopic (exact) mass is 450 g/mol. The first-order valence-electron chi connectivity index (χ1n) is 9.41. The number of aromatic nitrogens is 3. The minimum atomic E-state index is -2.91. The topological polar surface area (TPSA) is 53.7 Å². The zero-order valence-corrected chi connectivity index (χ0v) is 18.5. The fourth-order valence-electron chi connectivity index (χ4n) is 3.17. The molecule has 1 heterocycles. The predicted octanol–water partition coefficient (Wildman–Crippen LogP) is 4.33. The van der Waals surface area contributed by atoms with Gasteiger partial charge in [-0.15, -0.1) is 0 Å². The van der Waals surface area contributed by atoms with Gasteiger partial charge >= 0.3 is 6.61 Å². The van der Waals surface area contributed by atoms with Crippen molar-refractivity contribution in [2.75, 3.05) is 21.3 Å². The smallest absolute Gasteiger partial charge is 0.387 e. The van der Waals surface area contributed by atoms with Crippen LogP contribution in [-0.4, -0.2) is 47.1 Å². The van der Waals surface area contributed by atoms with Crippen molar-refractivity contribution in [3.05, 3.63) is 52.8 Å². The molecule has 0 bridgehead atoms. The molecule has 0 aliphatic rings. The second-order valence-corrected chi connectivity index (χ2v) is 7.28. The predicted molar refractivity (Wildman–Crippen MR) is 115 cm³/mol. The minimum absolute atomic E-state index is 0.0000167. The molecule has 0 spiro atoms. The molecule has 0 N–H and O–H groups in total. The summed E-state index contributed by atoms with van der Waals surface area (Å²) >= 11 is 5.55. The highest BCUT2D eigenvalue weighted by Crippen LogP contribution is 2.30. The molecule has 0 amide bonds. The van der Waals surface area contributed by atoms with E-state index in [2.05, 4.69) is 9.84 Å². The number of alkyl halides is 2. The Morgan fingerprint density at radius 1 is 1.06 bits per heavy atom. The largest absolute Gasteiger partial charge is 0.497 e. The van der Waals surface area contributed by atoms with Crippen LogP contribution in [0.15, 0.2) is 42.5 Å². The average molecular weight is 451 g/mol. The Bertz CT molecular complexity index is 1080. The zero-order chi connectivity index (χ0) is 22.5. The van der Waals surface area contributed by atoms with Crippen LogP contribution in [0, 0.1) is 4.77 Å². The molecule has 0 saturated heterocycles. The maximum Gasteiger partial charge on any atom is 0.387 e. The van der Waals surface area contributed by atoms with E-state index in [-0.39, 0.29) is 11.5 Å². The van der Waals surface area contributed by atoms with E-state index in [0.29, 0.717) is 18.0 Å². The second-order valence-electron chi connectivity index (χ2n) is 6.91. The molecule has 0 fully saturated rings. The number of halogens is 2. The molecule has 7 nitrogen and oxygen atoms in total. The summed E-state index contributed by atoms with van der Waals surface area (Å²) in [5.41, 5.74) is 1.80. The van der Waals surface area contributed by atoms with Gasteiger partial charge in [0.05, 0.1) is 20.9 Å². The van der Waals surface area contributed by atoms with E-state index >= 15 is 0 Å². The van der Waals surface area contributed by atoms with Gasteiger partial charge in [-0.3, -0.25) is 4.90 Å². The van der Waals surface area contributed by atoms with Gasteiger partial charge in [-0.2, -0.15) is 13.9 Å². The molecule has 0 atom stereocenters. The molecule has 0 saturated carbocycles. The lowest BCUT2D eigenvalue weighted by Gasteiger charge is -2.18. The summed E-state index contributed by atoms with van der Waals surface area (Å²) in [7, 11) is 6.82. The molecule has 0 radical (unpaired) electrons. The Labute approximate surface area is 184 Å². The molecule has 0 unspecified atom stereocenters. The molecular formula is C21H24F2N4O3S. The third-order valence-corrected chi connectivity index (χ3v) is 5.15. The highest BCUT2D eigenvalue weighted by atomic mass is 32.1. The summed E-state index contributed by atoms with van der Waals surface area (Å²) < 4.78 is 44.0. The molecular weight excluding hydrogens is 426 g/mol. The van der Waals surface area contributed by atoms with Crippen LogP contribution in [0.3, 0.4) is 0 Å². The quantitative estimate of drug-likeness (QED) is 0.453. The van der Waals surface area contributed by atoms with Crippen molar-refractivity contribution in [3.8, 4) is 28.6 Å². The van der Waals surface area contributed by atoms with E-state index < -0.39 is 6.61 Å². The van der Waals surface area contributed by atoms with Crippen molar-refractivity contribution >= 4 is 12.2 Å². The van der Waals surface area contributed by atoms with Crippen LogP contribution >= 0.6 is 12.2 Å². The number of hydrogen-bond acceptors (Lipinski definition) is 6. The number of hydrogen-bond donors (Lipinski definition) is 0. The maximum absolute atomic E-state index is 12.5. The summed E-state index contributed by atoms with van der Waals surface area (Å²) in [5, 5.41) is 4.66. The summed E-state index contributed by atoms with van der Waals surface area (Å²) in [5.74, 6) is 1.77. The first kappa shape index (κ1) is 22.7. The molecule has 10 heteroatoms. The van der Waals surface area contributed by atoms with Crippen LogP contribution in [-0.2, 0) is 20.3 Å². The van der Waals surface area contributed by atoms with Crippen LogP contribution in [0.1, 0.15) is 5.56 Å². The molecule has 166 valence electrons. The summed E-state index contributed by atoms with van der Waals surface area (Å²) in [6.07, 6.45) is 0. The highest BCUT2D eigenvalue weighted by Gasteiger charge is 2.14. The number of ether oxygens (including phenoxy) is 3. The van der Waals surface area contributed by atoms with Crippen molar-refractivity contribution in [3.63, 3.8) is 0 Å². The number of methoxy groups -OCH3 is 2. The Balaban J connectivity index is 1.75. The maximum atomic E-state index is 12.5. The van der Waals surface area contributed by atoms with E-state index in [1.165, 1.54) is 13.2 Å². The Hall–Kier alpha value is -2.98. The second kappa shape index (κ2) is 9.88. The van der Waals surface area contributed by atoms with E-state index in [1.807, 2.05) is 47.8 Å². The first-order chi connectivity index (χ1) is 14.8. The third-order valence-electron chi connectivity index (χ3n) is 4.66. The van der Waals surface area contributed by atoms with Crippen LogP contribution in [0.5, 0.6) is 17.2 Å². The lowest BCUT2D eigenvalue weighted by atomic mass is 10.2. The Morgan fingerprint density at radius 3 is 2.39 bits per heavy atom. The van der Waals surface area contributed by atoms with Crippen molar-refractivity contribution in [1.82, 2.24) is 19.2 Å². The summed E-state index contributed by atoms with van der Waals surface area (Å²) in [6, 6.07) is 12.5.